The van der Waals surface area contributed by atoms with Crippen LogP contribution in [0.2, 0.25) is 0 Å². The van der Waals surface area contributed by atoms with E-state index in [2.05, 4.69) is 137 Å². The molecule has 1 aliphatic carbocycles. The molecule has 0 atom stereocenters. The molecule has 9 rings (SSSR count). The van der Waals surface area contributed by atoms with E-state index in [-0.39, 0.29) is 11.6 Å². The van der Waals surface area contributed by atoms with Gasteiger partial charge in [-0.15, -0.1) is 0 Å². The second kappa shape index (κ2) is 11.2. The number of hydrogen-bond acceptors (Lipinski definition) is 3. The Morgan fingerprint density at radius 2 is 1.04 bits per heavy atom. The summed E-state index contributed by atoms with van der Waals surface area (Å²) in [5.41, 5.74) is 8.66. The van der Waals surface area contributed by atoms with Gasteiger partial charge in [-0.25, -0.2) is 0 Å². The van der Waals surface area contributed by atoms with Crippen molar-refractivity contribution in [3.8, 4) is 5.69 Å². The minimum Gasteiger partial charge on any atom is -0.310 e. The second-order valence-corrected chi connectivity index (χ2v) is 12.5. The van der Waals surface area contributed by atoms with Crippen LogP contribution in [0.1, 0.15) is 26.3 Å². The number of nitrogens with zero attached hydrogens (tertiary/aromatic N) is 2. The number of carbonyl (C=O) groups excluding carboxylic acids is 2. The van der Waals surface area contributed by atoms with E-state index >= 15 is 0 Å². The molecule has 0 radical (unpaired) electrons. The van der Waals surface area contributed by atoms with Crippen LogP contribution in [0.25, 0.3) is 38.3 Å². The van der Waals surface area contributed by atoms with E-state index in [1.807, 2.05) is 24.3 Å². The zero-order valence-electron chi connectivity index (χ0n) is 26.1. The molecule has 0 bridgehead atoms. The number of fused-ring (bicyclic) bond motifs is 5. The van der Waals surface area contributed by atoms with Gasteiger partial charge in [0.05, 0.1) is 17.0 Å². The zero-order chi connectivity index (χ0) is 32.2. The van der Waals surface area contributed by atoms with Gasteiger partial charge in [0.1, 0.15) is 0 Å². The Morgan fingerprint density at radius 1 is 0.479 bits per heavy atom. The highest BCUT2D eigenvalue weighted by molar-refractivity contribution is 6.26. The quantitative estimate of drug-likeness (QED) is 0.174. The van der Waals surface area contributed by atoms with Crippen LogP contribution in [0.15, 0.2) is 164 Å². The summed E-state index contributed by atoms with van der Waals surface area (Å²) in [6, 6.07) is 56.2. The van der Waals surface area contributed by atoms with Crippen LogP contribution in [0, 0.1) is 5.92 Å². The van der Waals surface area contributed by atoms with Crippen molar-refractivity contribution in [1.29, 1.82) is 0 Å². The van der Waals surface area contributed by atoms with Crippen LogP contribution in [-0.2, 0) is 6.42 Å². The first-order valence-electron chi connectivity index (χ1n) is 16.3. The Balaban J connectivity index is 1.10. The molecular weight excluding hydrogens is 588 g/mol. The summed E-state index contributed by atoms with van der Waals surface area (Å²) < 4.78 is 2.34. The van der Waals surface area contributed by atoms with Gasteiger partial charge < -0.3 is 9.47 Å². The molecular formula is C44H30N2O2. The number of ketones is 2. The molecule has 7 aromatic carbocycles. The van der Waals surface area contributed by atoms with Gasteiger partial charge in [0, 0.05) is 44.6 Å². The average molecular weight is 619 g/mol. The lowest BCUT2D eigenvalue weighted by Gasteiger charge is -2.26. The normalized spacial score (nSPS) is 13.1. The zero-order valence-corrected chi connectivity index (χ0v) is 26.1. The predicted octanol–water partition coefficient (Wildman–Crippen LogP) is 10.6. The lowest BCUT2D eigenvalue weighted by molar-refractivity contribution is 0.0838. The van der Waals surface area contributed by atoms with Gasteiger partial charge in [-0.3, -0.25) is 9.59 Å². The molecule has 8 aromatic rings. The molecule has 0 saturated heterocycles. The smallest absolute Gasteiger partial charge is 0.174 e. The first kappa shape index (κ1) is 28.0. The molecule has 1 aromatic heterocycles. The van der Waals surface area contributed by atoms with Crippen molar-refractivity contribution < 1.29 is 9.59 Å². The van der Waals surface area contributed by atoms with Crippen molar-refractivity contribution >= 4 is 61.2 Å². The number of aromatic nitrogens is 1. The van der Waals surface area contributed by atoms with Crippen molar-refractivity contribution in [3.05, 3.63) is 180 Å². The van der Waals surface area contributed by atoms with Crippen molar-refractivity contribution in [2.45, 2.75) is 6.42 Å². The van der Waals surface area contributed by atoms with Gasteiger partial charge in [-0.1, -0.05) is 109 Å². The van der Waals surface area contributed by atoms with Gasteiger partial charge in [-0.05, 0) is 77.4 Å². The maximum absolute atomic E-state index is 13.1. The molecule has 1 heterocycles. The average Bonchev–Trinajstić information content (AvgIpc) is 3.60. The Bertz CT molecular complexity index is 2460. The fourth-order valence-corrected chi connectivity index (χ4v) is 7.37. The van der Waals surface area contributed by atoms with Crippen LogP contribution < -0.4 is 4.90 Å². The highest BCUT2D eigenvalue weighted by Crippen LogP contribution is 2.39. The second-order valence-electron chi connectivity index (χ2n) is 12.5. The molecule has 0 amide bonds. The van der Waals surface area contributed by atoms with Gasteiger partial charge in [0.15, 0.2) is 11.6 Å². The number of anilines is 3. The monoisotopic (exact) mass is 618 g/mol. The third-order valence-electron chi connectivity index (χ3n) is 9.62. The lowest BCUT2D eigenvalue weighted by Crippen LogP contribution is -2.17. The van der Waals surface area contributed by atoms with Crippen LogP contribution in [0.3, 0.4) is 0 Å². The molecule has 0 N–H and O–H groups in total. The van der Waals surface area contributed by atoms with Crippen molar-refractivity contribution in [3.63, 3.8) is 0 Å². The summed E-state index contributed by atoms with van der Waals surface area (Å²) >= 11 is 0. The molecule has 0 saturated carbocycles. The van der Waals surface area contributed by atoms with E-state index in [4.69, 9.17) is 0 Å². The molecule has 4 nitrogen and oxygen atoms in total. The maximum Gasteiger partial charge on any atom is 0.174 e. The van der Waals surface area contributed by atoms with Crippen LogP contribution in [0.4, 0.5) is 17.1 Å². The summed E-state index contributed by atoms with van der Waals surface area (Å²) in [5, 5.41) is 4.62. The van der Waals surface area contributed by atoms with Gasteiger partial charge in [0.25, 0.3) is 0 Å². The van der Waals surface area contributed by atoms with Crippen LogP contribution in [-0.4, -0.2) is 16.1 Å². The highest BCUT2D eigenvalue weighted by atomic mass is 16.2. The number of carbonyl (C=O) groups is 2. The third kappa shape index (κ3) is 4.53. The maximum atomic E-state index is 13.1. The number of Topliss-reactive ketones (excluding diaryl/α,β-unsaturated/α-hetero) is 2. The fraction of sp³-hybridized carbons (Fsp3) is 0.0455. The van der Waals surface area contributed by atoms with Gasteiger partial charge in [-0.2, -0.15) is 0 Å². The molecule has 0 spiro atoms. The van der Waals surface area contributed by atoms with E-state index in [1.54, 1.807) is 12.1 Å². The van der Waals surface area contributed by atoms with E-state index in [0.29, 0.717) is 17.5 Å². The lowest BCUT2D eigenvalue weighted by atomic mass is 9.93. The summed E-state index contributed by atoms with van der Waals surface area (Å²) in [6.45, 7) is 0. The largest absolute Gasteiger partial charge is 0.310 e. The van der Waals surface area contributed by atoms with Crippen molar-refractivity contribution in [2.75, 3.05) is 4.90 Å². The van der Waals surface area contributed by atoms with Crippen molar-refractivity contribution in [1.82, 2.24) is 4.57 Å². The first-order chi connectivity index (χ1) is 23.6. The Labute approximate surface area is 278 Å². The molecule has 228 valence electrons. The summed E-state index contributed by atoms with van der Waals surface area (Å²) in [4.78, 5) is 28.4. The Hall–Kier alpha value is -6.26. The third-order valence-corrected chi connectivity index (χ3v) is 9.62. The van der Waals surface area contributed by atoms with E-state index in [0.717, 1.165) is 39.1 Å². The van der Waals surface area contributed by atoms with Gasteiger partial charge in [0.2, 0.25) is 0 Å². The van der Waals surface area contributed by atoms with Crippen molar-refractivity contribution in [2.24, 2.45) is 5.92 Å². The SMILES string of the molecule is O=C1c2ccccc2C(=O)C1Cc1ccc2cc(N(c3ccccc3)c3cccc(-n4c5ccccc5c5ccccc54)c3)ccc2c1. The van der Waals surface area contributed by atoms with E-state index < -0.39 is 5.92 Å². The molecule has 0 aliphatic heterocycles. The number of hydrogen-bond donors (Lipinski definition) is 0. The standard InChI is InChI=1S/C44H30N2O2/c47-43-38-17-4-5-18-39(38)44(48)40(43)26-29-21-22-31-27-35(24-23-30(31)25-29)45(32-11-2-1-3-12-32)33-13-10-14-34(28-33)46-41-19-8-6-15-36(41)37-16-7-9-20-42(37)46/h1-25,27-28,40H,26H2. The fourth-order valence-electron chi connectivity index (χ4n) is 7.37. The minimum atomic E-state index is -0.658. The molecule has 0 fully saturated rings. The minimum absolute atomic E-state index is 0.0762. The number of benzene rings is 7. The topological polar surface area (TPSA) is 42.3 Å². The summed E-state index contributed by atoms with van der Waals surface area (Å²) in [7, 11) is 0. The Morgan fingerprint density at radius 3 is 1.75 bits per heavy atom. The number of rotatable bonds is 6. The summed E-state index contributed by atoms with van der Waals surface area (Å²) in [5.74, 6) is -0.810. The predicted molar refractivity (Wildman–Crippen MR) is 195 cm³/mol. The van der Waals surface area contributed by atoms with Gasteiger partial charge >= 0.3 is 0 Å². The molecule has 48 heavy (non-hydrogen) atoms. The number of para-hydroxylation sites is 3. The Kier molecular flexibility index (Phi) is 6.54. The van der Waals surface area contributed by atoms with Crippen LogP contribution in [0.5, 0.6) is 0 Å². The molecule has 4 heteroatoms. The van der Waals surface area contributed by atoms with E-state index in [1.165, 1.54) is 21.8 Å². The molecule has 0 unspecified atom stereocenters. The molecule has 1 aliphatic rings. The highest BCUT2D eigenvalue weighted by Gasteiger charge is 2.38. The van der Waals surface area contributed by atoms with Crippen LogP contribution >= 0.6 is 0 Å². The first-order valence-corrected chi connectivity index (χ1v) is 16.3. The van der Waals surface area contributed by atoms with E-state index in [9.17, 15) is 9.59 Å². The summed E-state index contributed by atoms with van der Waals surface area (Å²) in [6.07, 6.45) is 0.399.